The maximum Gasteiger partial charge on any atom is 0.250 e. The van der Waals surface area contributed by atoms with Gasteiger partial charge in [0.2, 0.25) is 5.95 Å². The number of benzene rings is 2. The Morgan fingerprint density at radius 1 is 1.05 bits per heavy atom. The summed E-state index contributed by atoms with van der Waals surface area (Å²) in [5, 5.41) is 14.8. The minimum atomic E-state index is -0.520. The van der Waals surface area contributed by atoms with Crippen LogP contribution in [0.4, 0.5) is 17.3 Å². The van der Waals surface area contributed by atoms with Crippen molar-refractivity contribution in [3.05, 3.63) is 65.7 Å². The van der Waals surface area contributed by atoms with E-state index in [2.05, 4.69) is 40.6 Å². The van der Waals surface area contributed by atoms with Gasteiger partial charge in [0.1, 0.15) is 12.1 Å². The van der Waals surface area contributed by atoms with E-state index < -0.39 is 5.91 Å². The van der Waals surface area contributed by atoms with Gasteiger partial charge in [0.15, 0.2) is 0 Å². The predicted molar refractivity (Wildman–Crippen MR) is 166 cm³/mol. The number of aromatic nitrogens is 6. The number of carbonyl (C=O) groups is 1. The number of nitrogens with two attached hydrogens (primary N) is 1. The number of nitrogens with zero attached hydrogens (tertiary/aromatic N) is 8. The number of anilines is 3. The Hall–Kier alpha value is -4.33. The lowest BCUT2D eigenvalue weighted by Gasteiger charge is -2.41. The molecule has 4 heterocycles. The zero-order chi connectivity index (χ0) is 30.3. The summed E-state index contributed by atoms with van der Waals surface area (Å²) in [7, 11) is 0. The van der Waals surface area contributed by atoms with Gasteiger partial charge in [-0.25, -0.2) is 14.6 Å². The number of rotatable bonds is 11. The summed E-state index contributed by atoms with van der Waals surface area (Å²) < 4.78 is 13.1. The number of carbonyl (C=O) groups excluding carboxylic acids is 1. The molecule has 2 aromatic heterocycles. The van der Waals surface area contributed by atoms with Gasteiger partial charge in [0.05, 0.1) is 36.1 Å². The number of nitrogens with one attached hydrogen (secondary N) is 1. The molecular weight excluding hydrogens is 584 g/mol. The maximum absolute atomic E-state index is 12.2. The smallest absolute Gasteiger partial charge is 0.250 e. The first kappa shape index (κ1) is 29.7. The van der Waals surface area contributed by atoms with Crippen molar-refractivity contribution in [2.75, 3.05) is 56.2 Å². The molecule has 44 heavy (non-hydrogen) atoms. The fraction of sp³-hybridized carbons (Fsp3) is 0.400. The molecule has 2 aliphatic heterocycles. The molecule has 230 valence electrons. The molecule has 4 aromatic rings. The number of primary amides is 1. The van der Waals surface area contributed by atoms with Crippen LogP contribution in [0.15, 0.2) is 55.1 Å². The summed E-state index contributed by atoms with van der Waals surface area (Å²) in [6.45, 7) is 6.60. The second-order valence-electron chi connectivity index (χ2n) is 10.8. The number of hydrogen-bond donors (Lipinski definition) is 2. The molecule has 0 radical (unpaired) electrons. The number of morpholine rings is 1. The molecule has 3 N–H and O–H groups in total. The predicted octanol–water partition coefficient (Wildman–Crippen LogP) is 3.40. The standard InChI is InChI=1S/C30H35ClN10O3/c31-26-5-2-21(16-28(26)44-13-1-8-41-20-35-37-38-41)22-18-33-30(34-19-22)36-27-17-24(3-4-25(27)29(32)42)39-9-6-23(7-10-39)40-11-14-43-15-12-40/h2-5,16-20,23H,1,6-15H2,(H2,32,42)(H,33,34,36). The molecule has 0 spiro atoms. The van der Waals surface area contributed by atoms with Gasteiger partial charge in [-0.3, -0.25) is 9.69 Å². The van der Waals surface area contributed by atoms with E-state index in [1.807, 2.05) is 24.3 Å². The number of ether oxygens (including phenoxy) is 2. The molecule has 0 atom stereocenters. The minimum absolute atomic E-state index is 0.354. The summed E-state index contributed by atoms with van der Waals surface area (Å²) in [6.07, 6.45) is 7.88. The summed E-state index contributed by atoms with van der Waals surface area (Å²) in [4.78, 5) is 26.2. The highest BCUT2D eigenvalue weighted by atomic mass is 35.5. The Morgan fingerprint density at radius 2 is 1.84 bits per heavy atom. The molecule has 14 heteroatoms. The normalized spacial score (nSPS) is 16.2. The van der Waals surface area contributed by atoms with E-state index in [1.54, 1.807) is 35.5 Å². The number of piperidine rings is 1. The molecule has 0 unspecified atom stereocenters. The fourth-order valence-corrected chi connectivity index (χ4v) is 5.80. The lowest BCUT2D eigenvalue weighted by molar-refractivity contribution is 0.0115. The maximum atomic E-state index is 12.2. The first-order valence-electron chi connectivity index (χ1n) is 14.8. The van der Waals surface area contributed by atoms with E-state index in [9.17, 15) is 4.79 Å². The highest BCUT2D eigenvalue weighted by molar-refractivity contribution is 6.32. The summed E-state index contributed by atoms with van der Waals surface area (Å²) >= 11 is 6.38. The quantitative estimate of drug-likeness (QED) is 0.238. The third-order valence-corrected chi connectivity index (χ3v) is 8.32. The number of amides is 1. The lowest BCUT2D eigenvalue weighted by atomic mass is 10.0. The zero-order valence-electron chi connectivity index (χ0n) is 24.3. The molecule has 0 aliphatic carbocycles. The molecule has 2 saturated heterocycles. The molecule has 0 saturated carbocycles. The second kappa shape index (κ2) is 14.0. The SMILES string of the molecule is NC(=O)c1ccc(N2CCC(N3CCOCC3)CC2)cc1Nc1ncc(-c2ccc(Cl)c(OCCCn3cnnn3)c2)cn1. The molecule has 6 rings (SSSR count). The van der Waals surface area contributed by atoms with Gasteiger partial charge < -0.3 is 25.4 Å². The Morgan fingerprint density at radius 3 is 2.57 bits per heavy atom. The number of tetrazole rings is 1. The first-order chi connectivity index (χ1) is 21.5. The van der Waals surface area contributed by atoms with Crippen LogP contribution < -0.4 is 20.7 Å². The topological polar surface area (TPSA) is 149 Å². The van der Waals surface area contributed by atoms with Crippen LogP contribution >= 0.6 is 11.6 Å². The van der Waals surface area contributed by atoms with Crippen molar-refractivity contribution in [1.82, 2.24) is 35.1 Å². The van der Waals surface area contributed by atoms with Crippen LogP contribution in [0.1, 0.15) is 29.6 Å². The van der Waals surface area contributed by atoms with Crippen molar-refractivity contribution in [3.8, 4) is 16.9 Å². The van der Waals surface area contributed by atoms with E-state index in [4.69, 9.17) is 26.8 Å². The van der Waals surface area contributed by atoms with E-state index in [0.29, 0.717) is 47.2 Å². The van der Waals surface area contributed by atoms with Gasteiger partial charge >= 0.3 is 0 Å². The Balaban J connectivity index is 1.10. The van der Waals surface area contributed by atoms with Gasteiger partial charge in [-0.1, -0.05) is 17.7 Å². The first-order valence-corrected chi connectivity index (χ1v) is 15.1. The van der Waals surface area contributed by atoms with Gasteiger partial charge in [-0.15, -0.1) is 5.10 Å². The molecule has 2 aliphatic rings. The van der Waals surface area contributed by atoms with Gasteiger partial charge in [-0.05, 0) is 59.2 Å². The third kappa shape index (κ3) is 7.24. The van der Waals surface area contributed by atoms with E-state index in [-0.39, 0.29) is 0 Å². The van der Waals surface area contributed by atoms with E-state index >= 15 is 0 Å². The molecular formula is C30H35ClN10O3. The minimum Gasteiger partial charge on any atom is -0.492 e. The monoisotopic (exact) mass is 618 g/mol. The number of halogens is 1. The zero-order valence-corrected chi connectivity index (χ0v) is 25.1. The molecule has 2 fully saturated rings. The van der Waals surface area contributed by atoms with Crippen molar-refractivity contribution in [3.63, 3.8) is 0 Å². The van der Waals surface area contributed by atoms with Crippen molar-refractivity contribution in [1.29, 1.82) is 0 Å². The highest BCUT2D eigenvalue weighted by Crippen LogP contribution is 2.32. The van der Waals surface area contributed by atoms with Crippen LogP contribution in [-0.4, -0.2) is 93.0 Å². The van der Waals surface area contributed by atoms with Crippen LogP contribution in [-0.2, 0) is 11.3 Å². The fourth-order valence-electron chi connectivity index (χ4n) is 5.63. The van der Waals surface area contributed by atoms with Crippen LogP contribution in [0.25, 0.3) is 11.1 Å². The molecule has 2 aromatic carbocycles. The summed E-state index contributed by atoms with van der Waals surface area (Å²) in [6, 6.07) is 11.8. The molecule has 1 amide bonds. The summed E-state index contributed by atoms with van der Waals surface area (Å²) in [5.74, 6) is 0.404. The molecule has 0 bridgehead atoms. The van der Waals surface area contributed by atoms with E-state index in [1.165, 1.54) is 0 Å². The van der Waals surface area contributed by atoms with Crippen LogP contribution in [0, 0.1) is 0 Å². The average molecular weight is 619 g/mol. The van der Waals surface area contributed by atoms with Gasteiger partial charge in [-0.2, -0.15) is 0 Å². The summed E-state index contributed by atoms with van der Waals surface area (Å²) in [5.41, 5.74) is 9.34. The Kier molecular flexibility index (Phi) is 9.44. The number of hydrogen-bond acceptors (Lipinski definition) is 11. The van der Waals surface area contributed by atoms with E-state index in [0.717, 1.165) is 75.5 Å². The van der Waals surface area contributed by atoms with Crippen molar-refractivity contribution in [2.45, 2.75) is 31.8 Å². The van der Waals surface area contributed by atoms with Crippen LogP contribution in [0.2, 0.25) is 5.02 Å². The Bertz CT molecular complexity index is 1540. The van der Waals surface area contributed by atoms with Crippen LogP contribution in [0.3, 0.4) is 0 Å². The number of aryl methyl sites for hydroxylation is 1. The largest absolute Gasteiger partial charge is 0.492 e. The lowest BCUT2D eigenvalue weighted by Crippen LogP contribution is -2.49. The van der Waals surface area contributed by atoms with Crippen molar-refractivity contribution < 1.29 is 14.3 Å². The third-order valence-electron chi connectivity index (χ3n) is 8.00. The average Bonchev–Trinajstić information content (AvgIpc) is 3.58. The Labute approximate surface area is 260 Å². The second-order valence-corrected chi connectivity index (χ2v) is 11.2. The van der Waals surface area contributed by atoms with Crippen LogP contribution in [0.5, 0.6) is 5.75 Å². The van der Waals surface area contributed by atoms with Gasteiger partial charge in [0.25, 0.3) is 5.91 Å². The molecule has 13 nitrogen and oxygen atoms in total. The van der Waals surface area contributed by atoms with Crippen molar-refractivity contribution >= 4 is 34.8 Å². The van der Waals surface area contributed by atoms with Gasteiger partial charge in [0, 0.05) is 68.8 Å². The highest BCUT2D eigenvalue weighted by Gasteiger charge is 2.26. The van der Waals surface area contributed by atoms with Crippen molar-refractivity contribution in [2.24, 2.45) is 5.73 Å².